The van der Waals surface area contributed by atoms with Crippen molar-refractivity contribution in [2.75, 3.05) is 19.8 Å². The summed E-state index contributed by atoms with van der Waals surface area (Å²) in [5.41, 5.74) is 2.66. The third kappa shape index (κ3) is 3.79. The Balaban J connectivity index is 1.72. The quantitative estimate of drug-likeness (QED) is 0.849. The minimum absolute atomic E-state index is 0.426. The molecule has 2 heterocycles. The van der Waals surface area contributed by atoms with E-state index in [0.29, 0.717) is 12.1 Å². The molecule has 1 aromatic rings. The first-order valence-corrected chi connectivity index (χ1v) is 8.84. The van der Waals surface area contributed by atoms with Crippen LogP contribution in [0.3, 0.4) is 0 Å². The van der Waals surface area contributed by atoms with Crippen LogP contribution in [0.2, 0.25) is 0 Å². The standard InChI is InChI=1S/C17H24BrNO2/c1-2-19-15(11-16-4-3-6-20-16)10-13-9-14(18)8-12-5-7-21-17(12)13/h8-9,15-16,19H,2-7,10-11H2,1H3. The molecule has 4 heteroatoms. The van der Waals surface area contributed by atoms with E-state index >= 15 is 0 Å². The monoisotopic (exact) mass is 353 g/mol. The zero-order chi connectivity index (χ0) is 14.7. The van der Waals surface area contributed by atoms with Crippen molar-refractivity contribution in [2.24, 2.45) is 0 Å². The molecule has 3 rings (SSSR count). The SMILES string of the molecule is CCNC(Cc1cc(Br)cc2c1OCC2)CC1CCCO1. The predicted octanol–water partition coefficient (Wildman–Crippen LogP) is 3.47. The average molecular weight is 354 g/mol. The zero-order valence-electron chi connectivity index (χ0n) is 12.7. The van der Waals surface area contributed by atoms with E-state index < -0.39 is 0 Å². The number of benzene rings is 1. The highest BCUT2D eigenvalue weighted by molar-refractivity contribution is 9.10. The van der Waals surface area contributed by atoms with Gasteiger partial charge in [-0.05, 0) is 55.5 Å². The van der Waals surface area contributed by atoms with Gasteiger partial charge in [0.1, 0.15) is 5.75 Å². The Morgan fingerprint density at radius 3 is 3.05 bits per heavy atom. The second-order valence-electron chi connectivity index (χ2n) is 5.98. The lowest BCUT2D eigenvalue weighted by molar-refractivity contribution is 0.0947. The molecule has 0 spiro atoms. The van der Waals surface area contributed by atoms with Crippen LogP contribution in [-0.4, -0.2) is 31.9 Å². The highest BCUT2D eigenvalue weighted by Crippen LogP contribution is 2.34. The highest BCUT2D eigenvalue weighted by Gasteiger charge is 2.24. The summed E-state index contributed by atoms with van der Waals surface area (Å²) in [7, 11) is 0. The van der Waals surface area contributed by atoms with Crippen molar-refractivity contribution in [1.82, 2.24) is 5.32 Å². The van der Waals surface area contributed by atoms with Crippen LogP contribution in [-0.2, 0) is 17.6 Å². The Hall–Kier alpha value is -0.580. The molecule has 1 fully saturated rings. The number of fused-ring (bicyclic) bond motifs is 1. The van der Waals surface area contributed by atoms with Gasteiger partial charge in [-0.1, -0.05) is 22.9 Å². The number of ether oxygens (including phenoxy) is 2. The molecule has 1 aromatic carbocycles. The van der Waals surface area contributed by atoms with Gasteiger partial charge in [-0.2, -0.15) is 0 Å². The molecule has 0 aromatic heterocycles. The van der Waals surface area contributed by atoms with Crippen LogP contribution < -0.4 is 10.1 Å². The number of hydrogen-bond donors (Lipinski definition) is 1. The number of rotatable bonds is 6. The minimum atomic E-state index is 0.426. The molecule has 2 aliphatic heterocycles. The van der Waals surface area contributed by atoms with Crippen molar-refractivity contribution < 1.29 is 9.47 Å². The van der Waals surface area contributed by atoms with E-state index in [1.165, 1.54) is 24.0 Å². The fourth-order valence-corrected chi connectivity index (χ4v) is 3.99. The number of halogens is 1. The molecule has 0 saturated carbocycles. The molecular weight excluding hydrogens is 330 g/mol. The normalized spacial score (nSPS) is 22.1. The average Bonchev–Trinajstić information content (AvgIpc) is 3.09. The van der Waals surface area contributed by atoms with Crippen molar-refractivity contribution in [3.8, 4) is 5.75 Å². The van der Waals surface area contributed by atoms with Gasteiger partial charge in [0.05, 0.1) is 12.7 Å². The summed E-state index contributed by atoms with van der Waals surface area (Å²) >= 11 is 3.63. The summed E-state index contributed by atoms with van der Waals surface area (Å²) in [6, 6.07) is 4.86. The molecule has 2 unspecified atom stereocenters. The topological polar surface area (TPSA) is 30.5 Å². The third-order valence-electron chi connectivity index (χ3n) is 4.36. The second kappa shape index (κ2) is 7.12. The zero-order valence-corrected chi connectivity index (χ0v) is 14.2. The molecule has 2 atom stereocenters. The van der Waals surface area contributed by atoms with Gasteiger partial charge in [-0.3, -0.25) is 0 Å². The first-order chi connectivity index (χ1) is 10.3. The van der Waals surface area contributed by atoms with E-state index in [-0.39, 0.29) is 0 Å². The molecule has 21 heavy (non-hydrogen) atoms. The smallest absolute Gasteiger partial charge is 0.125 e. The van der Waals surface area contributed by atoms with Crippen LogP contribution in [0.1, 0.15) is 37.3 Å². The lowest BCUT2D eigenvalue weighted by Gasteiger charge is -2.22. The first-order valence-electron chi connectivity index (χ1n) is 8.05. The molecule has 1 N–H and O–H groups in total. The summed E-state index contributed by atoms with van der Waals surface area (Å²) in [6.45, 7) is 4.91. The van der Waals surface area contributed by atoms with Gasteiger partial charge >= 0.3 is 0 Å². The summed E-state index contributed by atoms with van der Waals surface area (Å²) < 4.78 is 12.8. The molecular formula is C17H24BrNO2. The van der Waals surface area contributed by atoms with Gasteiger partial charge in [0, 0.05) is 23.5 Å². The highest BCUT2D eigenvalue weighted by atomic mass is 79.9. The minimum Gasteiger partial charge on any atom is -0.493 e. The van der Waals surface area contributed by atoms with Crippen LogP contribution in [0.5, 0.6) is 5.75 Å². The van der Waals surface area contributed by atoms with Crippen molar-refractivity contribution in [1.29, 1.82) is 0 Å². The van der Waals surface area contributed by atoms with E-state index in [4.69, 9.17) is 9.47 Å². The van der Waals surface area contributed by atoms with Crippen LogP contribution >= 0.6 is 15.9 Å². The van der Waals surface area contributed by atoms with Crippen LogP contribution in [0.4, 0.5) is 0 Å². The Labute approximate surface area is 135 Å². The Kier molecular flexibility index (Phi) is 5.19. The summed E-state index contributed by atoms with van der Waals surface area (Å²) in [6.07, 6.45) is 5.97. The largest absolute Gasteiger partial charge is 0.493 e. The lowest BCUT2D eigenvalue weighted by Crippen LogP contribution is -2.34. The van der Waals surface area contributed by atoms with Crippen molar-refractivity contribution in [3.63, 3.8) is 0 Å². The maximum atomic E-state index is 5.85. The lowest BCUT2D eigenvalue weighted by atomic mass is 9.97. The Morgan fingerprint density at radius 1 is 1.38 bits per heavy atom. The van der Waals surface area contributed by atoms with E-state index in [1.807, 2.05) is 0 Å². The molecule has 0 bridgehead atoms. The third-order valence-corrected chi connectivity index (χ3v) is 4.81. The molecule has 1 saturated heterocycles. The van der Waals surface area contributed by atoms with Crippen molar-refractivity contribution in [2.45, 2.75) is 51.2 Å². The van der Waals surface area contributed by atoms with Gasteiger partial charge in [0.15, 0.2) is 0 Å². The van der Waals surface area contributed by atoms with E-state index in [0.717, 1.165) is 49.2 Å². The van der Waals surface area contributed by atoms with Crippen LogP contribution in [0, 0.1) is 0 Å². The van der Waals surface area contributed by atoms with E-state index in [2.05, 4.69) is 40.3 Å². The van der Waals surface area contributed by atoms with Crippen LogP contribution in [0.15, 0.2) is 16.6 Å². The first kappa shape index (κ1) is 15.3. The van der Waals surface area contributed by atoms with Gasteiger partial charge in [0.25, 0.3) is 0 Å². The van der Waals surface area contributed by atoms with Gasteiger partial charge in [0.2, 0.25) is 0 Å². The maximum Gasteiger partial charge on any atom is 0.125 e. The van der Waals surface area contributed by atoms with Gasteiger partial charge in [-0.15, -0.1) is 0 Å². The van der Waals surface area contributed by atoms with Crippen molar-refractivity contribution >= 4 is 15.9 Å². The van der Waals surface area contributed by atoms with E-state index in [9.17, 15) is 0 Å². The molecule has 3 nitrogen and oxygen atoms in total. The molecule has 0 radical (unpaired) electrons. The van der Waals surface area contributed by atoms with Gasteiger partial charge in [-0.25, -0.2) is 0 Å². The predicted molar refractivity (Wildman–Crippen MR) is 88.1 cm³/mol. The Morgan fingerprint density at radius 2 is 2.29 bits per heavy atom. The number of likely N-dealkylation sites (N-methyl/N-ethyl adjacent to an activating group) is 1. The molecule has 0 aliphatic carbocycles. The van der Waals surface area contributed by atoms with Crippen molar-refractivity contribution in [3.05, 3.63) is 27.7 Å². The van der Waals surface area contributed by atoms with E-state index in [1.54, 1.807) is 0 Å². The maximum absolute atomic E-state index is 5.85. The summed E-state index contributed by atoms with van der Waals surface area (Å²) in [5, 5.41) is 3.62. The van der Waals surface area contributed by atoms with Gasteiger partial charge < -0.3 is 14.8 Å². The molecule has 116 valence electrons. The number of hydrogen-bond acceptors (Lipinski definition) is 3. The molecule has 2 aliphatic rings. The fraction of sp³-hybridized carbons (Fsp3) is 0.647. The Bertz CT molecular complexity index is 486. The molecule has 0 amide bonds. The summed E-state index contributed by atoms with van der Waals surface area (Å²) in [4.78, 5) is 0. The second-order valence-corrected chi connectivity index (χ2v) is 6.90. The number of nitrogens with one attached hydrogen (secondary N) is 1. The summed E-state index contributed by atoms with van der Waals surface area (Å²) in [5.74, 6) is 1.12. The fourth-order valence-electron chi connectivity index (χ4n) is 3.44. The van der Waals surface area contributed by atoms with Crippen LogP contribution in [0.25, 0.3) is 0 Å².